The molecule has 2 atom stereocenters. The first kappa shape index (κ1) is 17.7. The van der Waals surface area contributed by atoms with Gasteiger partial charge in [0.2, 0.25) is 0 Å². The molecule has 0 amide bonds. The van der Waals surface area contributed by atoms with Crippen LogP contribution in [-0.2, 0) is 4.74 Å². The van der Waals surface area contributed by atoms with Crippen LogP contribution in [0.4, 0.5) is 0 Å². The summed E-state index contributed by atoms with van der Waals surface area (Å²) in [7, 11) is 0. The maximum absolute atomic E-state index is 11.9. The van der Waals surface area contributed by atoms with Crippen LogP contribution in [0.2, 0.25) is 0 Å². The summed E-state index contributed by atoms with van der Waals surface area (Å²) in [6.07, 6.45) is 5.62. The van der Waals surface area contributed by atoms with Crippen molar-refractivity contribution in [2.24, 2.45) is 0 Å². The number of halogens is 1. The van der Waals surface area contributed by atoms with Crippen LogP contribution in [0.1, 0.15) is 55.8 Å². The average Bonchev–Trinajstić information content (AvgIpc) is 2.51. The second-order valence-corrected chi connectivity index (χ2v) is 6.37. The maximum atomic E-state index is 11.9. The van der Waals surface area contributed by atoms with Gasteiger partial charge in [-0.1, -0.05) is 66.7 Å². The highest BCUT2D eigenvalue weighted by molar-refractivity contribution is 9.09. The molecule has 0 radical (unpaired) electrons. The van der Waals surface area contributed by atoms with Crippen molar-refractivity contribution in [3.63, 3.8) is 0 Å². The molecule has 0 aliphatic carbocycles. The highest BCUT2D eigenvalue weighted by Gasteiger charge is 2.18. The number of ether oxygens (including phenoxy) is 1. The second kappa shape index (κ2) is 10.4. The fourth-order valence-corrected chi connectivity index (χ4v) is 2.70. The van der Waals surface area contributed by atoms with Crippen molar-refractivity contribution in [1.82, 2.24) is 0 Å². The lowest BCUT2D eigenvalue weighted by molar-refractivity contribution is 0.0393. The summed E-state index contributed by atoms with van der Waals surface area (Å²) in [5.74, 6) is -0.437. The van der Waals surface area contributed by atoms with Crippen LogP contribution in [-0.4, -0.2) is 16.9 Å². The Bertz CT molecular complexity index is 456. The zero-order valence-electron chi connectivity index (χ0n) is 12.4. The predicted octanol–water partition coefficient (Wildman–Crippen LogP) is 4.86. The first-order chi connectivity index (χ1) is 10.2. The van der Waals surface area contributed by atoms with Crippen molar-refractivity contribution in [1.29, 1.82) is 5.26 Å². The van der Waals surface area contributed by atoms with E-state index in [-0.39, 0.29) is 4.83 Å². The molecule has 2 unspecified atom stereocenters. The smallest absolute Gasteiger partial charge is 0.339 e. The van der Waals surface area contributed by atoms with Crippen molar-refractivity contribution in [2.45, 2.75) is 56.4 Å². The summed E-state index contributed by atoms with van der Waals surface area (Å²) in [5.41, 5.74) is 0.479. The second-order valence-electron chi connectivity index (χ2n) is 5.07. The minimum absolute atomic E-state index is 0.211. The molecule has 21 heavy (non-hydrogen) atoms. The lowest BCUT2D eigenvalue weighted by Crippen LogP contribution is -2.20. The van der Waals surface area contributed by atoms with Crippen molar-refractivity contribution >= 4 is 21.9 Å². The fraction of sp³-hybridized carbons (Fsp3) is 0.529. The number of esters is 1. The largest absolute Gasteiger partial charge is 0.443 e. The van der Waals surface area contributed by atoms with Gasteiger partial charge >= 0.3 is 5.97 Å². The normalized spacial score (nSPS) is 13.2. The monoisotopic (exact) mass is 351 g/mol. The number of hydrogen-bond acceptors (Lipinski definition) is 3. The Morgan fingerprint density at radius 3 is 2.62 bits per heavy atom. The molecule has 0 aliphatic heterocycles. The van der Waals surface area contributed by atoms with E-state index in [1.54, 1.807) is 24.3 Å². The molecule has 1 aromatic rings. The summed E-state index contributed by atoms with van der Waals surface area (Å²) in [6.45, 7) is 2.18. The van der Waals surface area contributed by atoms with E-state index in [9.17, 15) is 4.79 Å². The highest BCUT2D eigenvalue weighted by Crippen LogP contribution is 2.19. The first-order valence-electron chi connectivity index (χ1n) is 7.47. The summed E-state index contributed by atoms with van der Waals surface area (Å²) < 4.78 is 5.25. The third-order valence-electron chi connectivity index (χ3n) is 3.24. The van der Waals surface area contributed by atoms with Gasteiger partial charge in [-0.3, -0.25) is 0 Å². The van der Waals surface area contributed by atoms with E-state index in [4.69, 9.17) is 10.00 Å². The molecule has 0 saturated heterocycles. The number of nitriles is 1. The molecule has 0 fully saturated rings. The van der Waals surface area contributed by atoms with Gasteiger partial charge in [-0.05, 0) is 18.6 Å². The zero-order valence-corrected chi connectivity index (χ0v) is 14.0. The molecule has 0 bridgehead atoms. The van der Waals surface area contributed by atoms with Gasteiger partial charge in [-0.2, -0.15) is 5.26 Å². The molecular weight excluding hydrogens is 330 g/mol. The van der Waals surface area contributed by atoms with E-state index in [2.05, 4.69) is 28.9 Å². The third-order valence-corrected chi connectivity index (χ3v) is 4.08. The Hall–Kier alpha value is -1.34. The molecule has 0 spiro atoms. The number of hydrogen-bond donors (Lipinski definition) is 0. The molecule has 1 rings (SSSR count). The Kier molecular flexibility index (Phi) is 8.77. The van der Waals surface area contributed by atoms with Gasteiger partial charge in [0.1, 0.15) is 6.07 Å². The molecule has 0 aromatic heterocycles. The SMILES string of the molecule is CCCCCCC(Br)CC(C#N)OC(=O)c1ccccc1. The van der Waals surface area contributed by atoms with Gasteiger partial charge in [0.05, 0.1) is 5.56 Å². The van der Waals surface area contributed by atoms with Crippen LogP contribution in [0.3, 0.4) is 0 Å². The Balaban J connectivity index is 2.38. The quantitative estimate of drug-likeness (QED) is 0.362. The minimum atomic E-state index is -0.701. The van der Waals surface area contributed by atoms with Crippen molar-refractivity contribution in [3.8, 4) is 6.07 Å². The standard InChI is InChI=1S/C17H22BrNO2/c1-2-3-4-8-11-15(18)12-16(13-19)21-17(20)14-9-6-5-7-10-14/h5-7,9-10,15-16H,2-4,8,11-12H2,1H3. The van der Waals surface area contributed by atoms with Crippen LogP contribution in [0, 0.1) is 11.3 Å². The molecule has 1 aromatic carbocycles. The molecular formula is C17H22BrNO2. The molecule has 3 nitrogen and oxygen atoms in total. The van der Waals surface area contributed by atoms with Gasteiger partial charge in [0.25, 0.3) is 0 Å². The first-order valence-corrected chi connectivity index (χ1v) is 8.38. The number of rotatable bonds is 9. The summed E-state index contributed by atoms with van der Waals surface area (Å²) in [4.78, 5) is 12.1. The number of alkyl halides is 1. The Morgan fingerprint density at radius 2 is 2.00 bits per heavy atom. The summed E-state index contributed by atoms with van der Waals surface area (Å²) >= 11 is 3.58. The Morgan fingerprint density at radius 1 is 1.29 bits per heavy atom. The fourth-order valence-electron chi connectivity index (χ4n) is 2.04. The van der Waals surface area contributed by atoms with Crippen LogP contribution in [0.15, 0.2) is 30.3 Å². The van der Waals surface area contributed by atoms with Crippen LogP contribution in [0.25, 0.3) is 0 Å². The van der Waals surface area contributed by atoms with Crippen molar-refractivity contribution in [2.75, 3.05) is 0 Å². The minimum Gasteiger partial charge on any atom is -0.443 e. The lowest BCUT2D eigenvalue weighted by atomic mass is 10.1. The number of carbonyl (C=O) groups is 1. The van der Waals surface area contributed by atoms with Crippen LogP contribution in [0.5, 0.6) is 0 Å². The molecule has 0 aliphatic rings. The molecule has 0 heterocycles. The lowest BCUT2D eigenvalue weighted by Gasteiger charge is -2.15. The van der Waals surface area contributed by atoms with E-state index in [0.717, 1.165) is 12.8 Å². The third kappa shape index (κ3) is 7.29. The van der Waals surface area contributed by atoms with E-state index < -0.39 is 12.1 Å². The number of nitrogens with zero attached hydrogens (tertiary/aromatic N) is 1. The van der Waals surface area contributed by atoms with Crippen molar-refractivity contribution in [3.05, 3.63) is 35.9 Å². The highest BCUT2D eigenvalue weighted by atomic mass is 79.9. The zero-order chi connectivity index (χ0) is 15.5. The van der Waals surface area contributed by atoms with Gasteiger partial charge in [-0.25, -0.2) is 4.79 Å². The maximum Gasteiger partial charge on any atom is 0.339 e. The number of unbranched alkanes of at least 4 members (excludes halogenated alkanes) is 3. The van der Waals surface area contributed by atoms with Gasteiger partial charge in [-0.15, -0.1) is 0 Å². The number of benzene rings is 1. The summed E-state index contributed by atoms with van der Waals surface area (Å²) in [6, 6.07) is 10.8. The van der Waals surface area contributed by atoms with E-state index in [1.807, 2.05) is 6.07 Å². The Labute approximate surface area is 135 Å². The van der Waals surface area contributed by atoms with E-state index in [0.29, 0.717) is 12.0 Å². The van der Waals surface area contributed by atoms with Crippen molar-refractivity contribution < 1.29 is 9.53 Å². The topological polar surface area (TPSA) is 50.1 Å². The van der Waals surface area contributed by atoms with Crippen LogP contribution < -0.4 is 0 Å². The van der Waals surface area contributed by atoms with Crippen LogP contribution >= 0.6 is 15.9 Å². The molecule has 0 N–H and O–H groups in total. The number of carbonyl (C=O) groups excluding carboxylic acids is 1. The van der Waals surface area contributed by atoms with Gasteiger partial charge in [0.15, 0.2) is 6.10 Å². The summed E-state index contributed by atoms with van der Waals surface area (Å²) in [5, 5.41) is 9.13. The van der Waals surface area contributed by atoms with E-state index in [1.165, 1.54) is 19.3 Å². The predicted molar refractivity (Wildman–Crippen MR) is 87.3 cm³/mol. The van der Waals surface area contributed by atoms with Gasteiger partial charge in [0, 0.05) is 11.2 Å². The average molecular weight is 352 g/mol. The van der Waals surface area contributed by atoms with Gasteiger partial charge < -0.3 is 4.74 Å². The molecule has 4 heteroatoms. The molecule has 0 saturated carbocycles. The van der Waals surface area contributed by atoms with E-state index >= 15 is 0 Å². The molecule has 114 valence electrons.